The lowest BCUT2D eigenvalue weighted by Gasteiger charge is -2.46. The summed E-state index contributed by atoms with van der Waals surface area (Å²) in [4.78, 5) is 0. The molecule has 0 radical (unpaired) electrons. The van der Waals surface area contributed by atoms with Crippen molar-refractivity contribution in [2.24, 2.45) is 0 Å². The van der Waals surface area contributed by atoms with E-state index in [4.69, 9.17) is 23.7 Å². The smallest absolute Gasteiger partial charge is 0.298 e. The summed E-state index contributed by atoms with van der Waals surface area (Å²) in [5.74, 6) is -3.25. The third-order valence-electron chi connectivity index (χ3n) is 10.2. The molecule has 1 heterocycles. The van der Waals surface area contributed by atoms with E-state index in [1.54, 1.807) is 24.3 Å². The average molecular weight is 755 g/mol. The van der Waals surface area contributed by atoms with Crippen molar-refractivity contribution in [3.8, 4) is 0 Å². The van der Waals surface area contributed by atoms with Gasteiger partial charge in [-0.3, -0.25) is 0 Å². The largest absolute Gasteiger partial charge is 0.374 e. The van der Waals surface area contributed by atoms with Crippen LogP contribution in [0.25, 0.3) is 0 Å². The van der Waals surface area contributed by atoms with Gasteiger partial charge in [-0.1, -0.05) is 171 Å². The topological polar surface area (TPSA) is 46.2 Å². The number of benzene rings is 6. The molecule has 6 aromatic carbocycles. The fourth-order valence-electron chi connectivity index (χ4n) is 7.09. The van der Waals surface area contributed by atoms with Crippen molar-refractivity contribution >= 4 is 0 Å². The molecule has 7 rings (SSSR count). The van der Waals surface area contributed by atoms with E-state index in [9.17, 15) is 0 Å². The van der Waals surface area contributed by atoms with E-state index in [0.717, 1.165) is 34.2 Å². The van der Waals surface area contributed by atoms with Crippen LogP contribution in [0, 0.1) is 0 Å². The molecule has 5 nitrogen and oxygen atoms in total. The van der Waals surface area contributed by atoms with Gasteiger partial charge in [-0.25, -0.2) is 0 Å². The lowest BCUT2D eigenvalue weighted by Crippen LogP contribution is -2.58. The molecule has 0 unspecified atom stereocenters. The summed E-state index contributed by atoms with van der Waals surface area (Å²) in [6.07, 6.45) is -2.76. The van der Waals surface area contributed by atoms with E-state index < -0.39 is 36.4 Å². The molecule has 0 aromatic heterocycles. The maximum atomic E-state index is 16.3. The molecule has 0 aliphatic carbocycles. The van der Waals surface area contributed by atoms with Gasteiger partial charge >= 0.3 is 0 Å². The molecule has 1 fully saturated rings. The van der Waals surface area contributed by atoms with Crippen LogP contribution in [0.3, 0.4) is 0 Å². The molecular formula is C49H48F2O5. The summed E-state index contributed by atoms with van der Waals surface area (Å²) in [6.45, 7) is 3.35. The molecule has 56 heavy (non-hydrogen) atoms. The molecule has 7 heteroatoms. The van der Waals surface area contributed by atoms with Gasteiger partial charge in [-0.2, -0.15) is 8.78 Å². The van der Waals surface area contributed by atoms with Crippen LogP contribution < -0.4 is 0 Å². The van der Waals surface area contributed by atoms with Crippen LogP contribution in [0.1, 0.15) is 57.5 Å². The van der Waals surface area contributed by atoms with Gasteiger partial charge in [0.1, 0.15) is 30.5 Å². The van der Waals surface area contributed by atoms with E-state index >= 15 is 8.78 Å². The molecule has 6 aromatic rings. The first-order valence-corrected chi connectivity index (χ1v) is 19.3. The van der Waals surface area contributed by atoms with Gasteiger partial charge in [-0.15, -0.1) is 0 Å². The monoisotopic (exact) mass is 754 g/mol. The molecule has 0 N–H and O–H groups in total. The van der Waals surface area contributed by atoms with Gasteiger partial charge in [-0.05, 0) is 45.9 Å². The lowest BCUT2D eigenvalue weighted by atomic mass is 9.88. The molecule has 1 saturated heterocycles. The normalized spacial score (nSPS) is 19.8. The Morgan fingerprint density at radius 3 is 1.48 bits per heavy atom. The summed E-state index contributed by atoms with van der Waals surface area (Å²) in [7, 11) is 0. The van der Waals surface area contributed by atoms with Gasteiger partial charge in [0.25, 0.3) is 5.92 Å². The maximum Gasteiger partial charge on any atom is 0.298 e. The number of alkyl halides is 2. The number of hydrogen-bond acceptors (Lipinski definition) is 5. The third-order valence-corrected chi connectivity index (χ3v) is 10.2. The number of aryl methyl sites for hydroxylation is 1. The first kappa shape index (κ1) is 39.2. The summed E-state index contributed by atoms with van der Waals surface area (Å²) in [5.41, 5.74) is 5.29. The van der Waals surface area contributed by atoms with E-state index in [-0.39, 0.29) is 30.9 Å². The van der Waals surface area contributed by atoms with E-state index in [0.29, 0.717) is 18.8 Å². The van der Waals surface area contributed by atoms with Crippen LogP contribution in [0.5, 0.6) is 0 Å². The Labute approximate surface area is 328 Å². The zero-order valence-corrected chi connectivity index (χ0v) is 31.6. The zero-order chi connectivity index (χ0) is 38.6. The quantitative estimate of drug-likeness (QED) is 0.0928. The predicted octanol–water partition coefficient (Wildman–Crippen LogP) is 10.8. The zero-order valence-electron chi connectivity index (χ0n) is 31.6. The Balaban J connectivity index is 1.27. The SMILES string of the molecule is CCc1ccc(C(F)(F)c2cccc([C@@H]3O[C@H](COCc4ccccc4)[C@@H](OCc4ccccc4)[C@H](OCc4ccccc4)[C@H]3OCc3ccccc3)c2)cc1. The minimum atomic E-state index is -3.25. The van der Waals surface area contributed by atoms with Crippen molar-refractivity contribution in [3.05, 3.63) is 214 Å². The van der Waals surface area contributed by atoms with Crippen molar-refractivity contribution in [2.45, 2.75) is 76.2 Å². The van der Waals surface area contributed by atoms with Crippen molar-refractivity contribution in [3.63, 3.8) is 0 Å². The third kappa shape index (κ3) is 10.0. The van der Waals surface area contributed by atoms with Gasteiger partial charge in [0.15, 0.2) is 0 Å². The summed E-state index contributed by atoms with van der Waals surface area (Å²) in [6, 6.07) is 52.7. The van der Waals surface area contributed by atoms with Crippen molar-refractivity contribution < 1.29 is 32.5 Å². The second-order valence-electron chi connectivity index (χ2n) is 14.1. The Morgan fingerprint density at radius 1 is 0.482 bits per heavy atom. The number of ether oxygens (including phenoxy) is 5. The molecular weight excluding hydrogens is 707 g/mol. The summed E-state index contributed by atoms with van der Waals surface area (Å²) >= 11 is 0. The summed E-state index contributed by atoms with van der Waals surface area (Å²) < 4.78 is 66.4. The maximum absolute atomic E-state index is 16.3. The van der Waals surface area contributed by atoms with Crippen LogP contribution in [0.2, 0.25) is 0 Å². The van der Waals surface area contributed by atoms with Crippen LogP contribution in [0.15, 0.2) is 170 Å². The number of rotatable bonds is 17. The Morgan fingerprint density at radius 2 is 0.964 bits per heavy atom. The highest BCUT2D eigenvalue weighted by Crippen LogP contribution is 2.42. The van der Waals surface area contributed by atoms with Gasteiger partial charge in [0.2, 0.25) is 0 Å². The second-order valence-corrected chi connectivity index (χ2v) is 14.1. The Kier molecular flexibility index (Phi) is 13.5. The van der Waals surface area contributed by atoms with Crippen molar-refractivity contribution in [1.82, 2.24) is 0 Å². The highest BCUT2D eigenvalue weighted by Gasteiger charge is 2.49. The number of hydrogen-bond donors (Lipinski definition) is 0. The first-order chi connectivity index (χ1) is 27.5. The molecule has 0 amide bonds. The Bertz CT molecular complexity index is 2050. The average Bonchev–Trinajstić information content (AvgIpc) is 3.26. The van der Waals surface area contributed by atoms with Gasteiger partial charge < -0.3 is 23.7 Å². The lowest BCUT2D eigenvalue weighted by molar-refractivity contribution is -0.275. The van der Waals surface area contributed by atoms with Crippen LogP contribution in [-0.2, 0) is 62.5 Å². The minimum absolute atomic E-state index is 0.0704. The van der Waals surface area contributed by atoms with E-state index in [2.05, 4.69) is 0 Å². The molecule has 1 aliphatic heterocycles. The highest BCUT2D eigenvalue weighted by atomic mass is 19.3. The molecule has 0 bridgehead atoms. The molecule has 5 atom stereocenters. The first-order valence-electron chi connectivity index (χ1n) is 19.3. The molecule has 0 spiro atoms. The highest BCUT2D eigenvalue weighted by molar-refractivity contribution is 5.38. The van der Waals surface area contributed by atoms with Crippen molar-refractivity contribution in [1.29, 1.82) is 0 Å². The number of halogens is 2. The van der Waals surface area contributed by atoms with E-state index in [1.165, 1.54) is 18.2 Å². The van der Waals surface area contributed by atoms with E-state index in [1.807, 2.05) is 134 Å². The molecule has 0 saturated carbocycles. The summed E-state index contributed by atoms with van der Waals surface area (Å²) in [5, 5.41) is 0. The Hall–Kier alpha value is -5.02. The van der Waals surface area contributed by atoms with Gasteiger partial charge in [0, 0.05) is 11.1 Å². The standard InChI is InChI=1S/C49H48F2O5/c1-2-36-26-28-42(29-27-36)49(50,51)43-25-15-24-41(30-43)45-47(54-33-39-20-11-5-12-21-39)48(55-34-40-22-13-6-14-23-40)46(53-32-38-18-9-4-10-19-38)44(56-45)35-52-31-37-16-7-3-8-17-37/h3-30,44-48H,2,31-35H2,1H3/t44-,45+,46-,47+,48+/m1/s1. The van der Waals surface area contributed by atoms with Crippen LogP contribution in [0.4, 0.5) is 8.78 Å². The fourth-order valence-corrected chi connectivity index (χ4v) is 7.09. The fraction of sp³-hybridized carbons (Fsp3) is 0.265. The minimum Gasteiger partial charge on any atom is -0.374 e. The molecule has 1 aliphatic rings. The van der Waals surface area contributed by atoms with Crippen LogP contribution >= 0.6 is 0 Å². The predicted molar refractivity (Wildman–Crippen MR) is 214 cm³/mol. The van der Waals surface area contributed by atoms with Crippen LogP contribution in [-0.4, -0.2) is 31.0 Å². The molecule has 288 valence electrons. The second kappa shape index (κ2) is 19.2. The van der Waals surface area contributed by atoms with Gasteiger partial charge in [0.05, 0.1) is 33.0 Å². The van der Waals surface area contributed by atoms with Crippen molar-refractivity contribution in [2.75, 3.05) is 6.61 Å².